The lowest BCUT2D eigenvalue weighted by molar-refractivity contribution is -0.419. The maximum Gasteiger partial charge on any atom is 0.269 e. The maximum atomic E-state index is 10.4. The predicted octanol–water partition coefficient (Wildman–Crippen LogP) is 2.44. The highest BCUT2D eigenvalue weighted by Gasteiger charge is 2.07. The van der Waals surface area contributed by atoms with E-state index in [0.29, 0.717) is 0 Å². The molecule has 12 heavy (non-hydrogen) atoms. The lowest BCUT2D eigenvalue weighted by atomic mass is 10.1. The Kier molecular flexibility index (Phi) is 2.80. The molecule has 0 saturated heterocycles. The van der Waals surface area contributed by atoms with Crippen LogP contribution in [0.1, 0.15) is 19.8 Å². The van der Waals surface area contributed by atoms with Gasteiger partial charge in [0.1, 0.15) is 0 Å². The van der Waals surface area contributed by atoms with Crippen LogP contribution < -0.4 is 0 Å². The second-order valence-electron chi connectivity index (χ2n) is 2.60. The summed E-state index contributed by atoms with van der Waals surface area (Å²) in [5, 5.41) is 10.4. The minimum absolute atomic E-state index is 0.181. The zero-order valence-electron chi connectivity index (χ0n) is 6.99. The lowest BCUT2D eigenvalue weighted by Crippen LogP contribution is -1.95. The van der Waals surface area contributed by atoms with Crippen LogP contribution in [0.5, 0.6) is 0 Å². The van der Waals surface area contributed by atoms with Crippen molar-refractivity contribution in [1.82, 2.24) is 0 Å². The zero-order chi connectivity index (χ0) is 8.97. The molecule has 3 heteroatoms. The van der Waals surface area contributed by atoms with Gasteiger partial charge in [0.2, 0.25) is 0 Å². The monoisotopic (exact) mass is 165 g/mol. The van der Waals surface area contributed by atoms with Gasteiger partial charge in [-0.1, -0.05) is 19.1 Å². The van der Waals surface area contributed by atoms with Gasteiger partial charge in [-0.05, 0) is 18.4 Å². The Balaban J connectivity index is 2.91. The standard InChI is InChI=1S/C9H11NO2/c1-2-8-5-3-4-6-9(7-8)10(11)12/h4-7H,2-3H2,1H3. The van der Waals surface area contributed by atoms with Crippen molar-refractivity contribution in [2.24, 2.45) is 0 Å². The summed E-state index contributed by atoms with van der Waals surface area (Å²) in [6, 6.07) is 0. The van der Waals surface area contributed by atoms with Gasteiger partial charge >= 0.3 is 0 Å². The quantitative estimate of drug-likeness (QED) is 0.466. The van der Waals surface area contributed by atoms with E-state index in [4.69, 9.17) is 0 Å². The van der Waals surface area contributed by atoms with Gasteiger partial charge in [0.15, 0.2) is 0 Å². The third-order valence-corrected chi connectivity index (χ3v) is 1.76. The van der Waals surface area contributed by atoms with Crippen LogP contribution >= 0.6 is 0 Å². The van der Waals surface area contributed by atoms with Gasteiger partial charge < -0.3 is 0 Å². The van der Waals surface area contributed by atoms with Crippen molar-refractivity contribution in [3.05, 3.63) is 45.7 Å². The number of allylic oxidation sites excluding steroid dienone is 5. The number of nitrogens with zero attached hydrogens (tertiary/aromatic N) is 1. The molecule has 1 aliphatic rings. The molecule has 1 aliphatic carbocycles. The molecule has 0 N–H and O–H groups in total. The van der Waals surface area contributed by atoms with Crippen LogP contribution in [0.2, 0.25) is 0 Å². The molecule has 0 fully saturated rings. The van der Waals surface area contributed by atoms with Crippen molar-refractivity contribution in [2.75, 3.05) is 0 Å². The molecule has 0 aromatic heterocycles. The first-order chi connectivity index (χ1) is 5.74. The summed E-state index contributed by atoms with van der Waals surface area (Å²) in [6.45, 7) is 1.99. The lowest BCUT2D eigenvalue weighted by Gasteiger charge is -1.93. The van der Waals surface area contributed by atoms with E-state index >= 15 is 0 Å². The second kappa shape index (κ2) is 3.85. The Morgan fingerprint density at radius 2 is 2.42 bits per heavy atom. The second-order valence-corrected chi connectivity index (χ2v) is 2.60. The molecule has 64 valence electrons. The predicted molar refractivity (Wildman–Crippen MR) is 47.2 cm³/mol. The fourth-order valence-corrected chi connectivity index (χ4v) is 1.07. The summed E-state index contributed by atoms with van der Waals surface area (Å²) in [5.41, 5.74) is 1.22. The van der Waals surface area contributed by atoms with Gasteiger partial charge in [-0.3, -0.25) is 10.1 Å². The van der Waals surface area contributed by atoms with E-state index in [0.717, 1.165) is 18.4 Å². The Labute approximate surface area is 71.2 Å². The zero-order valence-corrected chi connectivity index (χ0v) is 6.99. The molecule has 0 saturated carbocycles. The molecule has 0 aliphatic heterocycles. The minimum Gasteiger partial charge on any atom is -0.258 e. The van der Waals surface area contributed by atoms with Crippen molar-refractivity contribution >= 4 is 0 Å². The molecular weight excluding hydrogens is 154 g/mol. The molecule has 3 nitrogen and oxygen atoms in total. The van der Waals surface area contributed by atoms with Crippen molar-refractivity contribution in [2.45, 2.75) is 19.8 Å². The molecule has 1 rings (SSSR count). The van der Waals surface area contributed by atoms with Gasteiger partial charge in [0, 0.05) is 12.2 Å². The normalized spacial score (nSPS) is 16.4. The summed E-state index contributed by atoms with van der Waals surface area (Å²) in [6.07, 6.45) is 8.63. The summed E-state index contributed by atoms with van der Waals surface area (Å²) in [7, 11) is 0. The van der Waals surface area contributed by atoms with E-state index in [1.807, 2.05) is 13.0 Å². The van der Waals surface area contributed by atoms with Crippen LogP contribution in [0.4, 0.5) is 0 Å². The average Bonchev–Trinajstić information content (AvgIpc) is 2.28. The molecule has 0 atom stereocenters. The minimum atomic E-state index is -0.356. The Morgan fingerprint density at radius 1 is 1.67 bits per heavy atom. The topological polar surface area (TPSA) is 43.1 Å². The smallest absolute Gasteiger partial charge is 0.258 e. The van der Waals surface area contributed by atoms with Crippen molar-refractivity contribution < 1.29 is 4.92 Å². The Hall–Kier alpha value is -1.38. The van der Waals surface area contributed by atoms with Crippen molar-refractivity contribution in [3.8, 4) is 0 Å². The van der Waals surface area contributed by atoms with Crippen molar-refractivity contribution in [1.29, 1.82) is 0 Å². The third-order valence-electron chi connectivity index (χ3n) is 1.76. The van der Waals surface area contributed by atoms with Crippen LogP contribution in [0, 0.1) is 10.1 Å². The van der Waals surface area contributed by atoms with E-state index in [9.17, 15) is 10.1 Å². The first kappa shape index (κ1) is 8.71. The van der Waals surface area contributed by atoms with E-state index in [1.165, 1.54) is 0 Å². The fourth-order valence-electron chi connectivity index (χ4n) is 1.07. The SMILES string of the molecule is CCC1=CCC=CC([N+](=O)[O-])=C1. The number of nitro groups is 1. The summed E-state index contributed by atoms with van der Waals surface area (Å²) in [4.78, 5) is 10.1. The third kappa shape index (κ3) is 2.05. The van der Waals surface area contributed by atoms with Crippen LogP contribution in [-0.4, -0.2) is 4.92 Å². The molecule has 0 aromatic carbocycles. The van der Waals surface area contributed by atoms with Crippen molar-refractivity contribution in [3.63, 3.8) is 0 Å². The highest BCUT2D eigenvalue weighted by Crippen LogP contribution is 2.13. The largest absolute Gasteiger partial charge is 0.269 e. The summed E-state index contributed by atoms with van der Waals surface area (Å²) < 4.78 is 0. The number of hydrogen-bond acceptors (Lipinski definition) is 2. The molecule has 0 unspecified atom stereocenters. The summed E-state index contributed by atoms with van der Waals surface area (Å²) in [5.74, 6) is 0. The van der Waals surface area contributed by atoms with Crippen LogP contribution in [0.25, 0.3) is 0 Å². The van der Waals surface area contributed by atoms with Gasteiger partial charge in [0.05, 0.1) is 4.92 Å². The molecule has 0 bridgehead atoms. The molecule has 0 spiro atoms. The maximum absolute atomic E-state index is 10.4. The van der Waals surface area contributed by atoms with Crippen LogP contribution in [-0.2, 0) is 0 Å². The van der Waals surface area contributed by atoms with E-state index in [1.54, 1.807) is 18.2 Å². The molecular formula is C9H11NO2. The molecule has 0 heterocycles. The first-order valence-electron chi connectivity index (χ1n) is 3.95. The molecule has 0 amide bonds. The average molecular weight is 165 g/mol. The highest BCUT2D eigenvalue weighted by atomic mass is 16.6. The Morgan fingerprint density at radius 3 is 3.00 bits per heavy atom. The Bertz CT molecular complexity index is 274. The number of rotatable bonds is 2. The van der Waals surface area contributed by atoms with Gasteiger partial charge in [-0.25, -0.2) is 0 Å². The highest BCUT2D eigenvalue weighted by molar-refractivity contribution is 5.29. The molecule has 0 aromatic rings. The van der Waals surface area contributed by atoms with E-state index < -0.39 is 0 Å². The molecule has 0 radical (unpaired) electrons. The van der Waals surface area contributed by atoms with E-state index in [-0.39, 0.29) is 10.6 Å². The van der Waals surface area contributed by atoms with Gasteiger partial charge in [-0.15, -0.1) is 0 Å². The fraction of sp³-hybridized carbons (Fsp3) is 0.333. The van der Waals surface area contributed by atoms with Crippen LogP contribution in [0.3, 0.4) is 0 Å². The van der Waals surface area contributed by atoms with Gasteiger partial charge in [0.25, 0.3) is 5.70 Å². The number of hydrogen-bond donors (Lipinski definition) is 0. The van der Waals surface area contributed by atoms with Gasteiger partial charge in [-0.2, -0.15) is 0 Å². The van der Waals surface area contributed by atoms with Crippen LogP contribution in [0.15, 0.2) is 35.6 Å². The summed E-state index contributed by atoms with van der Waals surface area (Å²) >= 11 is 0. The van der Waals surface area contributed by atoms with E-state index in [2.05, 4.69) is 0 Å². The first-order valence-corrected chi connectivity index (χ1v) is 3.95.